The van der Waals surface area contributed by atoms with E-state index in [0.29, 0.717) is 6.61 Å². The third-order valence-electron chi connectivity index (χ3n) is 2.64. The Morgan fingerprint density at radius 1 is 1.47 bits per heavy atom. The van der Waals surface area contributed by atoms with Crippen LogP contribution in [-0.4, -0.2) is 23.8 Å². The van der Waals surface area contributed by atoms with Crippen LogP contribution < -0.4 is 0 Å². The number of fused-ring (bicyclic) bond motifs is 1. The first-order valence-corrected chi connectivity index (χ1v) is 6.82. The van der Waals surface area contributed by atoms with E-state index in [2.05, 4.69) is 4.98 Å². The van der Waals surface area contributed by atoms with Crippen molar-refractivity contribution in [3.05, 3.63) is 36.0 Å². The summed E-state index contributed by atoms with van der Waals surface area (Å²) in [5.41, 5.74) is 2.04. The summed E-state index contributed by atoms with van der Waals surface area (Å²) in [4.78, 5) is 15.0. The van der Waals surface area contributed by atoms with Gasteiger partial charge in [0.15, 0.2) is 0 Å². The molecule has 0 saturated heterocycles. The number of H-pyrrole nitrogens is 1. The molecule has 0 radical (unpaired) electrons. The van der Waals surface area contributed by atoms with Gasteiger partial charge in [-0.05, 0) is 19.2 Å². The fourth-order valence-electron chi connectivity index (χ4n) is 1.88. The Bertz CT molecular complexity index is 521. The Balaban J connectivity index is 2.40. The molecule has 1 aromatic heterocycles. The normalized spacial score (nSPS) is 12.6. The van der Waals surface area contributed by atoms with E-state index in [1.807, 2.05) is 43.6 Å². The third kappa shape index (κ3) is 2.31. The van der Waals surface area contributed by atoms with Crippen LogP contribution in [0.25, 0.3) is 10.9 Å². The van der Waals surface area contributed by atoms with Gasteiger partial charge < -0.3 is 9.72 Å². The van der Waals surface area contributed by atoms with Crippen LogP contribution in [0, 0.1) is 0 Å². The smallest absolute Gasteiger partial charge is 0.323 e. The van der Waals surface area contributed by atoms with Crippen molar-refractivity contribution in [2.45, 2.75) is 12.2 Å². The van der Waals surface area contributed by atoms with Crippen LogP contribution >= 0.6 is 11.8 Å². The fraction of sp³-hybridized carbons (Fsp3) is 0.308. The van der Waals surface area contributed by atoms with Crippen molar-refractivity contribution in [3.8, 4) is 0 Å². The number of nitrogens with one attached hydrogen (secondary N) is 1. The van der Waals surface area contributed by atoms with Crippen molar-refractivity contribution >= 4 is 28.6 Å². The number of rotatable bonds is 4. The van der Waals surface area contributed by atoms with E-state index in [1.54, 1.807) is 0 Å². The quantitative estimate of drug-likeness (QED) is 0.846. The highest BCUT2D eigenvalue weighted by Crippen LogP contribution is 2.33. The molecule has 0 bridgehead atoms. The van der Waals surface area contributed by atoms with Gasteiger partial charge in [0, 0.05) is 22.7 Å². The molecule has 1 unspecified atom stereocenters. The molecule has 0 aliphatic rings. The van der Waals surface area contributed by atoms with E-state index in [4.69, 9.17) is 4.74 Å². The first-order valence-electron chi connectivity index (χ1n) is 5.53. The van der Waals surface area contributed by atoms with Gasteiger partial charge in [-0.25, -0.2) is 0 Å². The Kier molecular flexibility index (Phi) is 3.74. The molecule has 1 aromatic carbocycles. The lowest BCUT2D eigenvalue weighted by Gasteiger charge is -2.12. The van der Waals surface area contributed by atoms with Gasteiger partial charge in [-0.1, -0.05) is 18.2 Å². The average Bonchev–Trinajstić information content (AvgIpc) is 2.75. The highest BCUT2D eigenvalue weighted by molar-refractivity contribution is 7.99. The van der Waals surface area contributed by atoms with Crippen molar-refractivity contribution < 1.29 is 9.53 Å². The maximum absolute atomic E-state index is 11.9. The molecule has 0 aliphatic heterocycles. The van der Waals surface area contributed by atoms with E-state index >= 15 is 0 Å². The molecule has 4 heteroatoms. The molecule has 2 aromatic rings. The van der Waals surface area contributed by atoms with Gasteiger partial charge in [0.2, 0.25) is 0 Å². The summed E-state index contributed by atoms with van der Waals surface area (Å²) in [5, 5.41) is 0.825. The number of esters is 1. The van der Waals surface area contributed by atoms with E-state index in [1.165, 1.54) is 11.8 Å². The minimum absolute atomic E-state index is 0.176. The zero-order valence-corrected chi connectivity index (χ0v) is 10.7. The maximum atomic E-state index is 11.9. The summed E-state index contributed by atoms with van der Waals surface area (Å²) in [6.07, 6.45) is 3.81. The second-order valence-corrected chi connectivity index (χ2v) is 4.60. The van der Waals surface area contributed by atoms with Crippen LogP contribution in [0.4, 0.5) is 0 Å². The van der Waals surface area contributed by atoms with Gasteiger partial charge >= 0.3 is 5.97 Å². The minimum Gasteiger partial charge on any atom is -0.465 e. The second-order valence-electron chi connectivity index (χ2n) is 3.66. The maximum Gasteiger partial charge on any atom is 0.323 e. The van der Waals surface area contributed by atoms with Gasteiger partial charge in [0.25, 0.3) is 0 Å². The van der Waals surface area contributed by atoms with Gasteiger partial charge in [-0.15, -0.1) is 11.8 Å². The number of aromatic nitrogens is 1. The number of hydrogen-bond acceptors (Lipinski definition) is 3. The summed E-state index contributed by atoms with van der Waals surface area (Å²) >= 11 is 1.50. The lowest BCUT2D eigenvalue weighted by atomic mass is 10.1. The van der Waals surface area contributed by atoms with Crippen molar-refractivity contribution in [2.24, 2.45) is 0 Å². The van der Waals surface area contributed by atoms with Crippen molar-refractivity contribution in [1.82, 2.24) is 4.98 Å². The first-order chi connectivity index (χ1) is 8.27. The summed E-state index contributed by atoms with van der Waals surface area (Å²) < 4.78 is 5.09. The van der Waals surface area contributed by atoms with Crippen LogP contribution in [0.2, 0.25) is 0 Å². The molecule has 0 amide bonds. The van der Waals surface area contributed by atoms with Gasteiger partial charge in [-0.3, -0.25) is 4.79 Å². The predicted octanol–water partition coefficient (Wildman–Crippen LogP) is 3.14. The van der Waals surface area contributed by atoms with Crippen molar-refractivity contribution in [2.75, 3.05) is 12.9 Å². The zero-order valence-electron chi connectivity index (χ0n) is 9.90. The number of carbonyl (C=O) groups excluding carboxylic acids is 1. The van der Waals surface area contributed by atoms with Crippen LogP contribution in [0.1, 0.15) is 17.7 Å². The molecule has 0 spiro atoms. The molecule has 0 fully saturated rings. The number of benzene rings is 1. The Hall–Kier alpha value is -1.42. The number of ether oxygens (including phenoxy) is 1. The fourth-order valence-corrected chi connectivity index (χ4v) is 2.59. The van der Waals surface area contributed by atoms with E-state index in [9.17, 15) is 4.79 Å². The zero-order chi connectivity index (χ0) is 12.3. The highest BCUT2D eigenvalue weighted by Gasteiger charge is 2.23. The molecule has 0 saturated carbocycles. The molecule has 0 aliphatic carbocycles. The minimum atomic E-state index is -0.258. The predicted molar refractivity (Wildman–Crippen MR) is 71.2 cm³/mol. The standard InChI is InChI=1S/C13H15NO2S/c1-3-16-13(15)12(17-2)10-8-14-11-7-5-4-6-9(10)11/h4-8,12,14H,3H2,1-2H3. The van der Waals surface area contributed by atoms with Crippen molar-refractivity contribution in [3.63, 3.8) is 0 Å². The summed E-state index contributed by atoms with van der Waals surface area (Å²) in [6, 6.07) is 7.97. The number of thioether (sulfide) groups is 1. The first kappa shape index (κ1) is 12.0. The molecule has 2 rings (SSSR count). The van der Waals surface area contributed by atoms with Gasteiger partial charge in [-0.2, -0.15) is 0 Å². The summed E-state index contributed by atoms with van der Waals surface area (Å²) in [6.45, 7) is 2.24. The van der Waals surface area contributed by atoms with E-state index in [-0.39, 0.29) is 11.2 Å². The van der Waals surface area contributed by atoms with Crippen LogP contribution in [0.3, 0.4) is 0 Å². The Morgan fingerprint density at radius 3 is 2.94 bits per heavy atom. The Morgan fingerprint density at radius 2 is 2.24 bits per heavy atom. The van der Waals surface area contributed by atoms with Crippen molar-refractivity contribution in [1.29, 1.82) is 0 Å². The largest absolute Gasteiger partial charge is 0.465 e. The monoisotopic (exact) mass is 249 g/mol. The lowest BCUT2D eigenvalue weighted by Crippen LogP contribution is -2.12. The summed E-state index contributed by atoms with van der Waals surface area (Å²) in [5.74, 6) is -0.176. The van der Waals surface area contributed by atoms with E-state index in [0.717, 1.165) is 16.5 Å². The second kappa shape index (κ2) is 5.27. The highest BCUT2D eigenvalue weighted by atomic mass is 32.2. The molecule has 3 nitrogen and oxygen atoms in total. The molecule has 17 heavy (non-hydrogen) atoms. The molecule has 1 heterocycles. The number of carbonyl (C=O) groups is 1. The van der Waals surface area contributed by atoms with Crippen LogP contribution in [-0.2, 0) is 9.53 Å². The molecular formula is C13H15NO2S. The Labute approximate surface area is 105 Å². The lowest BCUT2D eigenvalue weighted by molar-refractivity contribution is -0.142. The molecule has 1 atom stereocenters. The molecule has 1 N–H and O–H groups in total. The number of para-hydroxylation sites is 1. The average molecular weight is 249 g/mol. The third-order valence-corrected chi connectivity index (χ3v) is 3.56. The van der Waals surface area contributed by atoms with Crippen LogP contribution in [0.5, 0.6) is 0 Å². The number of hydrogen-bond donors (Lipinski definition) is 1. The van der Waals surface area contributed by atoms with Gasteiger partial charge in [0.05, 0.1) is 6.61 Å². The SMILES string of the molecule is CCOC(=O)C(SC)c1c[nH]c2ccccc12. The van der Waals surface area contributed by atoms with E-state index < -0.39 is 0 Å². The summed E-state index contributed by atoms with van der Waals surface area (Å²) in [7, 11) is 0. The topological polar surface area (TPSA) is 42.1 Å². The molecule has 90 valence electrons. The number of aromatic amines is 1. The molecular weight excluding hydrogens is 234 g/mol. The van der Waals surface area contributed by atoms with Crippen LogP contribution in [0.15, 0.2) is 30.5 Å². The van der Waals surface area contributed by atoms with Gasteiger partial charge in [0.1, 0.15) is 5.25 Å².